The molecule has 4 nitrogen and oxygen atoms in total. The van der Waals surface area contributed by atoms with Gasteiger partial charge in [-0.25, -0.2) is 0 Å². The normalized spacial score (nSPS) is 10.6. The van der Waals surface area contributed by atoms with Gasteiger partial charge in [0.1, 0.15) is 0 Å². The van der Waals surface area contributed by atoms with Crippen LogP contribution in [0, 0.1) is 0 Å². The van der Waals surface area contributed by atoms with Crippen molar-refractivity contribution in [2.24, 2.45) is 5.73 Å². The van der Waals surface area contributed by atoms with E-state index in [1.165, 1.54) is 5.56 Å². The Hall–Kier alpha value is -1.07. The number of halogens is 1. The maximum atomic E-state index is 11.3. The molecule has 0 fully saturated rings. The van der Waals surface area contributed by atoms with Crippen LogP contribution in [0.2, 0.25) is 0 Å². The van der Waals surface area contributed by atoms with E-state index in [2.05, 4.69) is 52.1 Å². The Labute approximate surface area is 129 Å². The predicted molar refractivity (Wildman–Crippen MR) is 87.8 cm³/mol. The topological polar surface area (TPSA) is 58.4 Å². The zero-order chi connectivity index (χ0) is 15.0. The third-order valence-electron chi connectivity index (χ3n) is 3.08. The second-order valence-electron chi connectivity index (χ2n) is 4.79. The Morgan fingerprint density at radius 3 is 2.75 bits per heavy atom. The number of benzene rings is 1. The van der Waals surface area contributed by atoms with Gasteiger partial charge in [0.2, 0.25) is 5.91 Å². The monoisotopic (exact) mass is 341 g/mol. The van der Waals surface area contributed by atoms with Gasteiger partial charge >= 0.3 is 0 Å². The van der Waals surface area contributed by atoms with Crippen LogP contribution in [-0.2, 0) is 11.3 Å². The lowest BCUT2D eigenvalue weighted by molar-refractivity contribution is -0.116. The van der Waals surface area contributed by atoms with E-state index in [0.717, 1.165) is 42.6 Å². The average Bonchev–Trinajstić information content (AvgIpc) is 2.41. The first-order valence-electron chi connectivity index (χ1n) is 7.10. The second-order valence-corrected chi connectivity index (χ2v) is 5.71. The summed E-state index contributed by atoms with van der Waals surface area (Å²) in [6, 6.07) is 6.17. The molecule has 0 radical (unpaired) electrons. The third kappa shape index (κ3) is 5.51. The molecule has 112 valence electrons. The van der Waals surface area contributed by atoms with Crippen LogP contribution in [-0.4, -0.2) is 25.5 Å². The molecule has 0 aliphatic heterocycles. The minimum atomic E-state index is -0.296. The minimum Gasteiger partial charge on any atom is -0.368 e. The van der Waals surface area contributed by atoms with Gasteiger partial charge in [0, 0.05) is 23.2 Å². The van der Waals surface area contributed by atoms with Gasteiger partial charge in [0.05, 0.1) is 6.54 Å². The van der Waals surface area contributed by atoms with Crippen LogP contribution in [0.1, 0.15) is 32.3 Å². The van der Waals surface area contributed by atoms with E-state index in [9.17, 15) is 4.79 Å². The number of rotatable bonds is 9. The van der Waals surface area contributed by atoms with Crippen molar-refractivity contribution in [1.82, 2.24) is 5.32 Å². The van der Waals surface area contributed by atoms with Gasteiger partial charge in [-0.05, 0) is 30.7 Å². The van der Waals surface area contributed by atoms with E-state index in [-0.39, 0.29) is 12.5 Å². The van der Waals surface area contributed by atoms with Crippen molar-refractivity contribution in [2.75, 3.05) is 24.5 Å². The fourth-order valence-corrected chi connectivity index (χ4v) is 2.41. The fraction of sp³-hybridized carbons (Fsp3) is 0.533. The van der Waals surface area contributed by atoms with Crippen molar-refractivity contribution in [3.63, 3.8) is 0 Å². The van der Waals surface area contributed by atoms with Gasteiger partial charge in [0.15, 0.2) is 0 Å². The quantitative estimate of drug-likeness (QED) is 0.725. The number of carbonyl (C=O) groups excluding carboxylic acids is 1. The Morgan fingerprint density at radius 1 is 1.40 bits per heavy atom. The molecule has 0 aliphatic rings. The van der Waals surface area contributed by atoms with Crippen molar-refractivity contribution in [2.45, 2.75) is 33.2 Å². The summed E-state index contributed by atoms with van der Waals surface area (Å²) in [7, 11) is 0. The molecule has 0 saturated heterocycles. The van der Waals surface area contributed by atoms with Gasteiger partial charge in [-0.3, -0.25) is 4.79 Å². The lowest BCUT2D eigenvalue weighted by Gasteiger charge is -2.26. The number of nitrogens with two attached hydrogens (primary N) is 1. The van der Waals surface area contributed by atoms with Crippen molar-refractivity contribution in [3.05, 3.63) is 28.2 Å². The van der Waals surface area contributed by atoms with E-state index >= 15 is 0 Å². The molecule has 0 bridgehead atoms. The number of amides is 1. The average molecular weight is 342 g/mol. The molecule has 3 N–H and O–H groups in total. The smallest absolute Gasteiger partial charge is 0.236 e. The number of hydrogen-bond acceptors (Lipinski definition) is 3. The number of nitrogens with one attached hydrogen (secondary N) is 1. The van der Waals surface area contributed by atoms with E-state index in [1.807, 2.05) is 6.07 Å². The lowest BCUT2D eigenvalue weighted by atomic mass is 10.1. The molecule has 1 aromatic carbocycles. The highest BCUT2D eigenvalue weighted by molar-refractivity contribution is 9.10. The molecule has 0 heterocycles. The standard InChI is InChI=1S/C15H24BrN3O/c1-3-5-8-19(11-15(17)20)14-9-13(16)7-6-12(14)10-18-4-2/h6-7,9,18H,3-5,8,10-11H2,1-2H3,(H2,17,20). The molecule has 0 atom stereocenters. The summed E-state index contributed by atoms with van der Waals surface area (Å²) in [4.78, 5) is 13.4. The van der Waals surface area contributed by atoms with Crippen LogP contribution in [0.15, 0.2) is 22.7 Å². The Bertz CT molecular complexity index is 437. The SMILES string of the molecule is CCCCN(CC(N)=O)c1cc(Br)ccc1CNCC. The van der Waals surface area contributed by atoms with Gasteiger partial charge in [-0.1, -0.05) is 42.3 Å². The summed E-state index contributed by atoms with van der Waals surface area (Å²) in [5.74, 6) is -0.296. The zero-order valence-electron chi connectivity index (χ0n) is 12.3. The summed E-state index contributed by atoms with van der Waals surface area (Å²) >= 11 is 3.50. The number of carbonyl (C=O) groups is 1. The van der Waals surface area contributed by atoms with Crippen LogP contribution in [0.3, 0.4) is 0 Å². The highest BCUT2D eigenvalue weighted by Gasteiger charge is 2.13. The van der Waals surface area contributed by atoms with Crippen LogP contribution in [0.5, 0.6) is 0 Å². The molecule has 20 heavy (non-hydrogen) atoms. The van der Waals surface area contributed by atoms with E-state index < -0.39 is 0 Å². The number of hydrogen-bond donors (Lipinski definition) is 2. The first-order chi connectivity index (χ1) is 9.58. The van der Waals surface area contributed by atoms with Crippen LogP contribution in [0.25, 0.3) is 0 Å². The summed E-state index contributed by atoms with van der Waals surface area (Å²) in [5.41, 5.74) is 7.65. The Kier molecular flexibility index (Phi) is 7.62. The van der Waals surface area contributed by atoms with Crippen LogP contribution in [0.4, 0.5) is 5.69 Å². The Balaban J connectivity index is 3.01. The van der Waals surface area contributed by atoms with E-state index in [1.54, 1.807) is 0 Å². The maximum absolute atomic E-state index is 11.3. The van der Waals surface area contributed by atoms with Crippen molar-refractivity contribution >= 4 is 27.5 Å². The van der Waals surface area contributed by atoms with Gasteiger partial charge in [-0.15, -0.1) is 0 Å². The molecule has 0 unspecified atom stereocenters. The van der Waals surface area contributed by atoms with Crippen molar-refractivity contribution in [3.8, 4) is 0 Å². The highest BCUT2D eigenvalue weighted by atomic mass is 79.9. The first-order valence-corrected chi connectivity index (χ1v) is 7.90. The summed E-state index contributed by atoms with van der Waals surface area (Å²) < 4.78 is 1.01. The molecular weight excluding hydrogens is 318 g/mol. The maximum Gasteiger partial charge on any atom is 0.236 e. The second kappa shape index (κ2) is 8.97. The van der Waals surface area contributed by atoms with E-state index in [0.29, 0.717) is 0 Å². The summed E-state index contributed by atoms with van der Waals surface area (Å²) in [6.07, 6.45) is 2.13. The largest absolute Gasteiger partial charge is 0.368 e. The number of anilines is 1. The lowest BCUT2D eigenvalue weighted by Crippen LogP contribution is -2.35. The molecule has 1 aromatic rings. The van der Waals surface area contributed by atoms with Gasteiger partial charge < -0.3 is 16.0 Å². The van der Waals surface area contributed by atoms with Gasteiger partial charge in [-0.2, -0.15) is 0 Å². The first kappa shape index (κ1) is 17.0. The molecule has 0 spiro atoms. The van der Waals surface area contributed by atoms with Crippen LogP contribution >= 0.6 is 15.9 Å². The fourth-order valence-electron chi connectivity index (χ4n) is 2.06. The van der Waals surface area contributed by atoms with Crippen molar-refractivity contribution < 1.29 is 4.79 Å². The molecule has 0 aromatic heterocycles. The molecule has 0 aliphatic carbocycles. The molecule has 1 amide bonds. The van der Waals surface area contributed by atoms with Crippen LogP contribution < -0.4 is 16.0 Å². The molecule has 1 rings (SSSR count). The number of nitrogens with zero attached hydrogens (tertiary/aromatic N) is 1. The molecule has 0 saturated carbocycles. The Morgan fingerprint density at radius 2 is 2.15 bits per heavy atom. The zero-order valence-corrected chi connectivity index (χ0v) is 13.9. The van der Waals surface area contributed by atoms with E-state index in [4.69, 9.17) is 5.73 Å². The van der Waals surface area contributed by atoms with Crippen molar-refractivity contribution in [1.29, 1.82) is 0 Å². The van der Waals surface area contributed by atoms with Gasteiger partial charge in [0.25, 0.3) is 0 Å². The highest BCUT2D eigenvalue weighted by Crippen LogP contribution is 2.25. The molecular formula is C15H24BrN3O. The summed E-state index contributed by atoms with van der Waals surface area (Å²) in [6.45, 7) is 7.03. The summed E-state index contributed by atoms with van der Waals surface area (Å²) in [5, 5.41) is 3.33. The number of unbranched alkanes of at least 4 members (excludes halogenated alkanes) is 1. The predicted octanol–water partition coefficient (Wildman–Crippen LogP) is 2.65. The minimum absolute atomic E-state index is 0.260. The number of primary amides is 1. The molecule has 5 heteroatoms. The third-order valence-corrected chi connectivity index (χ3v) is 3.58.